The zero-order valence-electron chi connectivity index (χ0n) is 12.9. The van der Waals surface area contributed by atoms with E-state index in [1.54, 1.807) is 0 Å². The molecule has 1 aliphatic rings. The van der Waals surface area contributed by atoms with Crippen LogP contribution in [0.4, 0.5) is 0 Å². The number of hydrogen-bond donors (Lipinski definition) is 1. The predicted molar refractivity (Wildman–Crippen MR) is 86.3 cm³/mol. The Bertz CT molecular complexity index is 593. The number of hydrogen-bond acceptors (Lipinski definition) is 3. The highest BCUT2D eigenvalue weighted by molar-refractivity contribution is 5.82. The van der Waals surface area contributed by atoms with Gasteiger partial charge in [0.2, 0.25) is 0 Å². The first-order valence-corrected chi connectivity index (χ1v) is 8.00. The normalized spacial score (nSPS) is 23.5. The average Bonchev–Trinajstić information content (AvgIpc) is 2.94. The average molecular weight is 284 g/mol. The topological polar surface area (TPSA) is 34.2 Å². The third kappa shape index (κ3) is 2.94. The molecule has 3 nitrogen and oxygen atoms in total. The number of para-hydroxylation sites is 1. The molecule has 21 heavy (non-hydrogen) atoms. The van der Waals surface area contributed by atoms with Crippen molar-refractivity contribution >= 4 is 10.9 Å². The van der Waals surface area contributed by atoms with E-state index in [1.807, 2.05) is 12.3 Å². The predicted octanol–water partition coefficient (Wildman–Crippen LogP) is 3.70. The highest BCUT2D eigenvalue weighted by Gasteiger charge is 2.33. The summed E-state index contributed by atoms with van der Waals surface area (Å²) in [7, 11) is 0. The van der Waals surface area contributed by atoms with E-state index in [4.69, 9.17) is 4.74 Å². The second kappa shape index (κ2) is 6.54. The fraction of sp³-hybridized carbons (Fsp3) is 0.500. The number of nitrogens with zero attached hydrogens (tertiary/aromatic N) is 1. The maximum absolute atomic E-state index is 6.04. The minimum Gasteiger partial charge on any atom is -0.376 e. The number of rotatable bonds is 5. The molecule has 1 aromatic carbocycles. The number of pyridine rings is 1. The van der Waals surface area contributed by atoms with E-state index in [-0.39, 0.29) is 12.1 Å². The molecule has 3 atom stereocenters. The second-order valence-corrected chi connectivity index (χ2v) is 5.96. The summed E-state index contributed by atoms with van der Waals surface area (Å²) < 4.78 is 6.04. The van der Waals surface area contributed by atoms with Gasteiger partial charge in [0, 0.05) is 18.2 Å². The van der Waals surface area contributed by atoms with Crippen LogP contribution in [0, 0.1) is 5.92 Å². The molecule has 0 aliphatic carbocycles. The molecular weight excluding hydrogens is 260 g/mol. The highest BCUT2D eigenvalue weighted by Crippen LogP contribution is 2.33. The van der Waals surface area contributed by atoms with Gasteiger partial charge >= 0.3 is 0 Å². The van der Waals surface area contributed by atoms with Crippen molar-refractivity contribution in [3.05, 3.63) is 42.1 Å². The molecule has 0 bridgehead atoms. The second-order valence-electron chi connectivity index (χ2n) is 5.96. The third-order valence-electron chi connectivity index (χ3n) is 4.39. The van der Waals surface area contributed by atoms with E-state index in [0.717, 1.165) is 31.5 Å². The summed E-state index contributed by atoms with van der Waals surface area (Å²) in [4.78, 5) is 4.61. The molecule has 3 heteroatoms. The Kier molecular flexibility index (Phi) is 4.51. The lowest BCUT2D eigenvalue weighted by Gasteiger charge is -2.28. The van der Waals surface area contributed by atoms with Crippen LogP contribution in [0.15, 0.2) is 36.5 Å². The summed E-state index contributed by atoms with van der Waals surface area (Å²) in [5.74, 6) is 0.582. The number of ether oxygens (including phenoxy) is 1. The Labute approximate surface area is 126 Å². The Hall–Kier alpha value is -1.45. The van der Waals surface area contributed by atoms with Crippen molar-refractivity contribution in [1.82, 2.24) is 10.3 Å². The summed E-state index contributed by atoms with van der Waals surface area (Å²) in [6, 6.07) is 10.8. The van der Waals surface area contributed by atoms with Crippen molar-refractivity contribution in [2.75, 3.05) is 13.2 Å². The van der Waals surface area contributed by atoms with Crippen LogP contribution in [0.1, 0.15) is 38.3 Å². The van der Waals surface area contributed by atoms with Gasteiger partial charge in [0.1, 0.15) is 0 Å². The van der Waals surface area contributed by atoms with Gasteiger partial charge in [-0.05, 0) is 36.9 Å². The van der Waals surface area contributed by atoms with Crippen LogP contribution in [-0.4, -0.2) is 24.2 Å². The van der Waals surface area contributed by atoms with Gasteiger partial charge < -0.3 is 10.1 Å². The third-order valence-corrected chi connectivity index (χ3v) is 4.39. The molecule has 1 fully saturated rings. The molecule has 1 aromatic heterocycles. The Morgan fingerprint density at radius 2 is 2.19 bits per heavy atom. The van der Waals surface area contributed by atoms with Crippen LogP contribution in [0.5, 0.6) is 0 Å². The molecule has 112 valence electrons. The first-order valence-electron chi connectivity index (χ1n) is 8.00. The van der Waals surface area contributed by atoms with Crippen molar-refractivity contribution in [2.45, 2.75) is 38.8 Å². The van der Waals surface area contributed by atoms with Gasteiger partial charge in [-0.2, -0.15) is 0 Å². The molecule has 0 amide bonds. The quantitative estimate of drug-likeness (QED) is 0.909. The van der Waals surface area contributed by atoms with Crippen LogP contribution in [0.2, 0.25) is 0 Å². The van der Waals surface area contributed by atoms with E-state index in [0.29, 0.717) is 5.92 Å². The first kappa shape index (κ1) is 14.5. The minimum absolute atomic E-state index is 0.223. The number of aromatic nitrogens is 1. The summed E-state index contributed by atoms with van der Waals surface area (Å²) >= 11 is 0. The van der Waals surface area contributed by atoms with E-state index in [1.165, 1.54) is 10.9 Å². The monoisotopic (exact) mass is 284 g/mol. The largest absolute Gasteiger partial charge is 0.376 e. The van der Waals surface area contributed by atoms with Crippen LogP contribution >= 0.6 is 0 Å². The van der Waals surface area contributed by atoms with Gasteiger partial charge in [0.25, 0.3) is 0 Å². The molecule has 3 rings (SSSR count). The highest BCUT2D eigenvalue weighted by atomic mass is 16.5. The van der Waals surface area contributed by atoms with Crippen LogP contribution in [0.3, 0.4) is 0 Å². The van der Waals surface area contributed by atoms with Crippen LogP contribution in [-0.2, 0) is 4.74 Å². The minimum atomic E-state index is 0.223. The van der Waals surface area contributed by atoms with Crippen LogP contribution in [0.25, 0.3) is 10.9 Å². The van der Waals surface area contributed by atoms with Gasteiger partial charge in [-0.3, -0.25) is 4.98 Å². The van der Waals surface area contributed by atoms with Gasteiger partial charge in [-0.1, -0.05) is 38.1 Å². The van der Waals surface area contributed by atoms with Crippen molar-refractivity contribution in [2.24, 2.45) is 5.92 Å². The lowest BCUT2D eigenvalue weighted by Crippen LogP contribution is -2.35. The SMILES string of the molecule is CCCNC(c1cccc2cccnc12)C1OCCC1C. The van der Waals surface area contributed by atoms with E-state index in [2.05, 4.69) is 48.4 Å². The zero-order valence-corrected chi connectivity index (χ0v) is 12.9. The standard InChI is InChI=1S/C18H24N2O/c1-3-10-19-17(18-13(2)9-12-21-18)15-8-4-6-14-7-5-11-20-16(14)15/h4-8,11,13,17-19H,3,9-10,12H2,1-2H3. The lowest BCUT2D eigenvalue weighted by atomic mass is 9.91. The maximum Gasteiger partial charge on any atom is 0.0796 e. The molecule has 2 heterocycles. The van der Waals surface area contributed by atoms with E-state index < -0.39 is 0 Å². The first-order chi connectivity index (χ1) is 10.3. The number of nitrogens with one attached hydrogen (secondary N) is 1. The van der Waals surface area contributed by atoms with Gasteiger partial charge in [-0.25, -0.2) is 0 Å². The van der Waals surface area contributed by atoms with Crippen molar-refractivity contribution < 1.29 is 4.74 Å². The molecule has 3 unspecified atom stereocenters. The Balaban J connectivity index is 2.01. The lowest BCUT2D eigenvalue weighted by molar-refractivity contribution is 0.0611. The molecule has 1 N–H and O–H groups in total. The van der Waals surface area contributed by atoms with Crippen molar-refractivity contribution in [3.8, 4) is 0 Å². The van der Waals surface area contributed by atoms with Gasteiger partial charge in [0.15, 0.2) is 0 Å². The van der Waals surface area contributed by atoms with Gasteiger partial charge in [0.05, 0.1) is 17.7 Å². The maximum atomic E-state index is 6.04. The number of benzene rings is 1. The summed E-state index contributed by atoms with van der Waals surface area (Å²) in [6.45, 7) is 6.36. The van der Waals surface area contributed by atoms with Crippen molar-refractivity contribution in [3.63, 3.8) is 0 Å². The van der Waals surface area contributed by atoms with Crippen molar-refractivity contribution in [1.29, 1.82) is 0 Å². The summed E-state index contributed by atoms with van der Waals surface area (Å²) in [5, 5.41) is 4.88. The fourth-order valence-corrected chi connectivity index (χ4v) is 3.23. The van der Waals surface area contributed by atoms with Gasteiger partial charge in [-0.15, -0.1) is 0 Å². The molecule has 0 saturated carbocycles. The van der Waals surface area contributed by atoms with E-state index >= 15 is 0 Å². The number of fused-ring (bicyclic) bond motifs is 1. The van der Waals surface area contributed by atoms with Crippen LogP contribution < -0.4 is 5.32 Å². The summed E-state index contributed by atoms with van der Waals surface area (Å²) in [5.41, 5.74) is 2.36. The summed E-state index contributed by atoms with van der Waals surface area (Å²) in [6.07, 6.45) is 4.38. The molecule has 1 aliphatic heterocycles. The van der Waals surface area contributed by atoms with E-state index in [9.17, 15) is 0 Å². The Morgan fingerprint density at radius 3 is 2.95 bits per heavy atom. The molecule has 2 aromatic rings. The fourth-order valence-electron chi connectivity index (χ4n) is 3.23. The molecular formula is C18H24N2O. The molecule has 0 spiro atoms. The molecule has 0 radical (unpaired) electrons. The molecule has 1 saturated heterocycles. The Morgan fingerprint density at radius 1 is 1.33 bits per heavy atom. The smallest absolute Gasteiger partial charge is 0.0796 e. The zero-order chi connectivity index (χ0) is 14.7.